The van der Waals surface area contributed by atoms with E-state index >= 15 is 0 Å². The molecule has 0 radical (unpaired) electrons. The molecular weight excluding hydrogens is 238 g/mol. The lowest BCUT2D eigenvalue weighted by molar-refractivity contribution is 0.269. The lowest BCUT2D eigenvalue weighted by Gasteiger charge is -2.39. The highest BCUT2D eigenvalue weighted by atomic mass is 16.5. The quantitative estimate of drug-likeness (QED) is 0.914. The normalized spacial score (nSPS) is 18.8. The van der Waals surface area contributed by atoms with Gasteiger partial charge in [-0.3, -0.25) is 0 Å². The Kier molecular flexibility index (Phi) is 3.11. The molecule has 0 amide bonds. The molecule has 1 aromatic carbocycles. The molecule has 1 aromatic heterocycles. The first-order valence-electron chi connectivity index (χ1n) is 6.91. The summed E-state index contributed by atoms with van der Waals surface area (Å²) in [5.74, 6) is 1.35. The van der Waals surface area contributed by atoms with Crippen LogP contribution in [-0.4, -0.2) is 10.1 Å². The molecule has 19 heavy (non-hydrogen) atoms. The summed E-state index contributed by atoms with van der Waals surface area (Å²) < 4.78 is 5.33. The highest BCUT2D eigenvalue weighted by molar-refractivity contribution is 5.35. The van der Waals surface area contributed by atoms with Crippen LogP contribution < -0.4 is 5.73 Å². The third kappa shape index (κ3) is 1.96. The Labute approximate surface area is 113 Å². The van der Waals surface area contributed by atoms with Crippen LogP contribution in [0, 0.1) is 0 Å². The molecule has 1 aliphatic carbocycles. The summed E-state index contributed by atoms with van der Waals surface area (Å²) in [6.45, 7) is 2.02. The average molecular weight is 257 g/mol. The molecule has 0 aliphatic heterocycles. The van der Waals surface area contributed by atoms with Crippen molar-refractivity contribution in [3.05, 3.63) is 47.6 Å². The van der Waals surface area contributed by atoms with Crippen molar-refractivity contribution in [3.63, 3.8) is 0 Å². The largest absolute Gasteiger partial charge is 0.338 e. The summed E-state index contributed by atoms with van der Waals surface area (Å²) in [6, 6.07) is 10.3. The van der Waals surface area contributed by atoms with E-state index in [1.165, 1.54) is 12.0 Å². The van der Waals surface area contributed by atoms with Crippen LogP contribution in [-0.2, 0) is 5.41 Å². The van der Waals surface area contributed by atoms with E-state index in [2.05, 4.69) is 34.4 Å². The number of hydrogen-bond acceptors (Lipinski definition) is 4. The van der Waals surface area contributed by atoms with Gasteiger partial charge in [0.05, 0.1) is 11.5 Å². The zero-order valence-electron chi connectivity index (χ0n) is 11.2. The molecule has 0 saturated heterocycles. The van der Waals surface area contributed by atoms with Crippen LogP contribution in [0.1, 0.15) is 55.9 Å². The molecule has 0 spiro atoms. The molecule has 1 aliphatic rings. The van der Waals surface area contributed by atoms with E-state index in [1.807, 2.05) is 13.0 Å². The van der Waals surface area contributed by atoms with Gasteiger partial charge >= 0.3 is 0 Å². The molecule has 2 N–H and O–H groups in total. The Hall–Kier alpha value is -1.68. The van der Waals surface area contributed by atoms with Gasteiger partial charge in [0, 0.05) is 0 Å². The third-order valence-electron chi connectivity index (χ3n) is 4.16. The van der Waals surface area contributed by atoms with Crippen LogP contribution >= 0.6 is 0 Å². The van der Waals surface area contributed by atoms with Crippen LogP contribution in [0.2, 0.25) is 0 Å². The monoisotopic (exact) mass is 257 g/mol. The lowest BCUT2D eigenvalue weighted by atomic mass is 9.64. The second-order valence-corrected chi connectivity index (χ2v) is 5.27. The SMILES string of the molecule is CC[C@@H](N)c1nc(C2(c3ccccc3)CCC2)no1. The van der Waals surface area contributed by atoms with Gasteiger partial charge in [-0.15, -0.1) is 0 Å². The summed E-state index contributed by atoms with van der Waals surface area (Å²) in [6.07, 6.45) is 4.17. The molecule has 2 aromatic rings. The minimum atomic E-state index is -0.158. The third-order valence-corrected chi connectivity index (χ3v) is 4.16. The maximum atomic E-state index is 5.95. The van der Waals surface area contributed by atoms with Crippen molar-refractivity contribution >= 4 is 0 Å². The van der Waals surface area contributed by atoms with E-state index < -0.39 is 0 Å². The summed E-state index contributed by atoms with van der Waals surface area (Å²) in [5, 5.41) is 4.19. The highest BCUT2D eigenvalue weighted by Gasteiger charge is 2.44. The van der Waals surface area contributed by atoms with Crippen molar-refractivity contribution in [2.75, 3.05) is 0 Å². The molecule has 1 heterocycles. The lowest BCUT2D eigenvalue weighted by Crippen LogP contribution is -2.36. The molecule has 1 fully saturated rings. The van der Waals surface area contributed by atoms with Gasteiger partial charge in [0.1, 0.15) is 0 Å². The first-order chi connectivity index (χ1) is 9.26. The fraction of sp³-hybridized carbons (Fsp3) is 0.467. The van der Waals surface area contributed by atoms with Crippen molar-refractivity contribution in [2.45, 2.75) is 44.1 Å². The van der Waals surface area contributed by atoms with E-state index in [-0.39, 0.29) is 11.5 Å². The van der Waals surface area contributed by atoms with Crippen molar-refractivity contribution in [1.82, 2.24) is 10.1 Å². The van der Waals surface area contributed by atoms with E-state index in [9.17, 15) is 0 Å². The molecule has 0 bridgehead atoms. The first kappa shape index (κ1) is 12.4. The predicted octanol–water partition coefficient (Wildman–Crippen LogP) is 2.95. The zero-order valence-corrected chi connectivity index (χ0v) is 11.2. The van der Waals surface area contributed by atoms with Crippen molar-refractivity contribution < 1.29 is 4.52 Å². The van der Waals surface area contributed by atoms with Crippen LogP contribution in [0.15, 0.2) is 34.9 Å². The Morgan fingerprint density at radius 3 is 2.63 bits per heavy atom. The smallest absolute Gasteiger partial charge is 0.243 e. The summed E-state index contributed by atoms with van der Waals surface area (Å²) in [5.41, 5.74) is 7.17. The first-order valence-corrected chi connectivity index (χ1v) is 6.91. The van der Waals surface area contributed by atoms with Crippen LogP contribution in [0.25, 0.3) is 0 Å². The molecule has 4 heteroatoms. The van der Waals surface area contributed by atoms with Gasteiger partial charge in [0.2, 0.25) is 5.89 Å². The van der Waals surface area contributed by atoms with Crippen LogP contribution in [0.4, 0.5) is 0 Å². The average Bonchev–Trinajstić information content (AvgIpc) is 2.88. The second kappa shape index (κ2) is 4.78. The van der Waals surface area contributed by atoms with Gasteiger partial charge in [0.15, 0.2) is 5.82 Å². The van der Waals surface area contributed by atoms with Crippen molar-refractivity contribution in [1.29, 1.82) is 0 Å². The van der Waals surface area contributed by atoms with Gasteiger partial charge in [-0.2, -0.15) is 4.98 Å². The summed E-state index contributed by atoms with van der Waals surface area (Å²) >= 11 is 0. The van der Waals surface area contributed by atoms with Crippen molar-refractivity contribution in [3.8, 4) is 0 Å². The Morgan fingerprint density at radius 2 is 2.05 bits per heavy atom. The summed E-state index contributed by atoms with van der Waals surface area (Å²) in [4.78, 5) is 4.55. The minimum Gasteiger partial charge on any atom is -0.338 e. The summed E-state index contributed by atoms with van der Waals surface area (Å²) in [7, 11) is 0. The van der Waals surface area contributed by atoms with E-state index in [0.717, 1.165) is 25.1 Å². The predicted molar refractivity (Wildman–Crippen MR) is 72.6 cm³/mol. The topological polar surface area (TPSA) is 64.9 Å². The zero-order chi connectivity index (χ0) is 13.3. The maximum absolute atomic E-state index is 5.95. The van der Waals surface area contributed by atoms with E-state index in [4.69, 9.17) is 10.3 Å². The Morgan fingerprint density at radius 1 is 1.32 bits per heavy atom. The van der Waals surface area contributed by atoms with Gasteiger partial charge in [0.25, 0.3) is 0 Å². The van der Waals surface area contributed by atoms with Gasteiger partial charge < -0.3 is 10.3 Å². The Balaban J connectivity index is 1.97. The minimum absolute atomic E-state index is 0.0591. The van der Waals surface area contributed by atoms with Gasteiger partial charge in [-0.1, -0.05) is 48.8 Å². The van der Waals surface area contributed by atoms with Gasteiger partial charge in [-0.25, -0.2) is 0 Å². The fourth-order valence-corrected chi connectivity index (χ4v) is 2.68. The number of benzene rings is 1. The van der Waals surface area contributed by atoms with E-state index in [0.29, 0.717) is 5.89 Å². The second-order valence-electron chi connectivity index (χ2n) is 5.27. The molecule has 100 valence electrons. The molecule has 3 rings (SSSR count). The Bertz CT molecular complexity index is 546. The molecular formula is C15H19N3O. The molecule has 1 atom stereocenters. The standard InChI is InChI=1S/C15H19N3O/c1-2-12(16)13-17-14(18-19-13)15(9-6-10-15)11-7-4-3-5-8-11/h3-5,7-8,12H,2,6,9-10,16H2,1H3/t12-/m1/s1. The van der Waals surface area contributed by atoms with Crippen LogP contribution in [0.3, 0.4) is 0 Å². The maximum Gasteiger partial charge on any atom is 0.243 e. The number of aromatic nitrogens is 2. The van der Waals surface area contributed by atoms with Crippen molar-refractivity contribution in [2.24, 2.45) is 5.73 Å². The highest BCUT2D eigenvalue weighted by Crippen LogP contribution is 2.47. The number of nitrogens with two attached hydrogens (primary N) is 1. The molecule has 1 saturated carbocycles. The van der Waals surface area contributed by atoms with E-state index in [1.54, 1.807) is 0 Å². The molecule has 0 unspecified atom stereocenters. The number of hydrogen-bond donors (Lipinski definition) is 1. The fourth-order valence-electron chi connectivity index (χ4n) is 2.68. The van der Waals surface area contributed by atoms with Gasteiger partial charge in [-0.05, 0) is 24.8 Å². The molecule has 4 nitrogen and oxygen atoms in total. The van der Waals surface area contributed by atoms with Crippen LogP contribution in [0.5, 0.6) is 0 Å². The number of nitrogens with zero attached hydrogens (tertiary/aromatic N) is 2. The number of rotatable bonds is 4.